The minimum atomic E-state index is -0.194. The number of rotatable bonds is 4. The van der Waals surface area contributed by atoms with E-state index < -0.39 is 0 Å². The van der Waals surface area contributed by atoms with Gasteiger partial charge in [-0.3, -0.25) is 9.59 Å². The van der Waals surface area contributed by atoms with E-state index in [0.717, 1.165) is 24.2 Å². The van der Waals surface area contributed by atoms with Crippen molar-refractivity contribution < 1.29 is 14.3 Å². The van der Waals surface area contributed by atoms with Crippen LogP contribution >= 0.6 is 0 Å². The zero-order valence-corrected chi connectivity index (χ0v) is 13.8. The highest BCUT2D eigenvalue weighted by molar-refractivity contribution is 6.05. The van der Waals surface area contributed by atoms with Crippen LogP contribution in [0, 0.1) is 6.92 Å². The monoisotopic (exact) mass is 324 g/mol. The molecule has 0 unspecified atom stereocenters. The summed E-state index contributed by atoms with van der Waals surface area (Å²) in [4.78, 5) is 26.1. The first-order chi connectivity index (χ1) is 11.6. The van der Waals surface area contributed by atoms with Gasteiger partial charge in [0.15, 0.2) is 0 Å². The molecule has 0 saturated carbocycles. The SMILES string of the molecule is COc1ccc(C(=O)Nc2ccc(C)c(N3CCCC3=O)c2)cc1. The average molecular weight is 324 g/mol. The van der Waals surface area contributed by atoms with Crippen molar-refractivity contribution in [3.63, 3.8) is 0 Å². The van der Waals surface area contributed by atoms with Gasteiger partial charge in [0.2, 0.25) is 5.91 Å². The van der Waals surface area contributed by atoms with Gasteiger partial charge < -0.3 is 15.0 Å². The molecular weight excluding hydrogens is 304 g/mol. The summed E-state index contributed by atoms with van der Waals surface area (Å²) in [5.41, 5.74) is 3.11. The molecule has 1 N–H and O–H groups in total. The highest BCUT2D eigenvalue weighted by atomic mass is 16.5. The van der Waals surface area contributed by atoms with Crippen LogP contribution in [0.3, 0.4) is 0 Å². The van der Waals surface area contributed by atoms with Crippen LogP contribution in [0.25, 0.3) is 0 Å². The number of methoxy groups -OCH3 is 1. The molecule has 0 bridgehead atoms. The standard InChI is InChI=1S/C19H20N2O3/c1-13-5-8-15(12-17(13)21-11-3-4-18(21)22)20-19(23)14-6-9-16(24-2)10-7-14/h5-10,12H,3-4,11H2,1-2H3,(H,20,23). The topological polar surface area (TPSA) is 58.6 Å². The van der Waals surface area contributed by atoms with E-state index in [-0.39, 0.29) is 11.8 Å². The number of aryl methyl sites for hydroxylation is 1. The van der Waals surface area contributed by atoms with Crippen LogP contribution < -0.4 is 15.0 Å². The van der Waals surface area contributed by atoms with E-state index >= 15 is 0 Å². The van der Waals surface area contributed by atoms with E-state index in [9.17, 15) is 9.59 Å². The van der Waals surface area contributed by atoms with Crippen molar-refractivity contribution in [3.05, 3.63) is 53.6 Å². The summed E-state index contributed by atoms with van der Waals surface area (Å²) >= 11 is 0. The molecule has 1 heterocycles. The van der Waals surface area contributed by atoms with Crippen molar-refractivity contribution in [2.24, 2.45) is 0 Å². The fourth-order valence-electron chi connectivity index (χ4n) is 2.83. The van der Waals surface area contributed by atoms with Crippen LogP contribution in [-0.2, 0) is 4.79 Å². The van der Waals surface area contributed by atoms with Crippen LogP contribution in [0.2, 0.25) is 0 Å². The van der Waals surface area contributed by atoms with Gasteiger partial charge in [-0.2, -0.15) is 0 Å². The fraction of sp³-hybridized carbons (Fsp3) is 0.263. The number of amides is 2. The Kier molecular flexibility index (Phi) is 4.51. The van der Waals surface area contributed by atoms with E-state index in [1.807, 2.05) is 25.1 Å². The first-order valence-corrected chi connectivity index (χ1v) is 7.95. The Bertz CT molecular complexity index is 769. The smallest absolute Gasteiger partial charge is 0.255 e. The number of benzene rings is 2. The van der Waals surface area contributed by atoms with Gasteiger partial charge in [0.1, 0.15) is 5.75 Å². The van der Waals surface area contributed by atoms with Gasteiger partial charge in [0, 0.05) is 29.9 Å². The van der Waals surface area contributed by atoms with Gasteiger partial charge in [-0.15, -0.1) is 0 Å². The molecule has 0 aromatic heterocycles. The predicted molar refractivity (Wildman–Crippen MR) is 93.7 cm³/mol. The highest BCUT2D eigenvalue weighted by Gasteiger charge is 2.23. The fourth-order valence-corrected chi connectivity index (χ4v) is 2.83. The quantitative estimate of drug-likeness (QED) is 0.938. The lowest BCUT2D eigenvalue weighted by Crippen LogP contribution is -2.24. The van der Waals surface area contributed by atoms with Crippen LogP contribution in [0.15, 0.2) is 42.5 Å². The summed E-state index contributed by atoms with van der Waals surface area (Å²) in [6.45, 7) is 2.70. The Morgan fingerprint density at radius 3 is 2.54 bits per heavy atom. The molecule has 2 aromatic carbocycles. The zero-order chi connectivity index (χ0) is 17.1. The Morgan fingerprint density at radius 1 is 1.17 bits per heavy atom. The Hall–Kier alpha value is -2.82. The Labute approximate surface area is 141 Å². The molecule has 5 nitrogen and oxygen atoms in total. The van der Waals surface area contributed by atoms with Gasteiger partial charge >= 0.3 is 0 Å². The van der Waals surface area contributed by atoms with Crippen LogP contribution in [0.1, 0.15) is 28.8 Å². The molecule has 5 heteroatoms. The molecule has 3 rings (SSSR count). The minimum absolute atomic E-state index is 0.136. The molecule has 0 spiro atoms. The van der Waals surface area contributed by atoms with Gasteiger partial charge in [-0.25, -0.2) is 0 Å². The molecule has 0 atom stereocenters. The molecule has 1 aliphatic heterocycles. The van der Waals surface area contributed by atoms with Crippen molar-refractivity contribution in [3.8, 4) is 5.75 Å². The van der Waals surface area contributed by atoms with Gasteiger partial charge in [-0.05, 0) is 55.3 Å². The molecule has 124 valence electrons. The molecular formula is C19H20N2O3. The summed E-state index contributed by atoms with van der Waals surface area (Å²) in [7, 11) is 1.59. The van der Waals surface area contributed by atoms with Crippen molar-refractivity contribution in [2.45, 2.75) is 19.8 Å². The Balaban J connectivity index is 1.79. The van der Waals surface area contributed by atoms with Crippen LogP contribution in [0.5, 0.6) is 5.75 Å². The van der Waals surface area contributed by atoms with E-state index in [0.29, 0.717) is 23.4 Å². The van der Waals surface area contributed by atoms with Gasteiger partial charge in [-0.1, -0.05) is 6.07 Å². The lowest BCUT2D eigenvalue weighted by molar-refractivity contribution is -0.117. The first kappa shape index (κ1) is 16.1. The first-order valence-electron chi connectivity index (χ1n) is 7.95. The largest absolute Gasteiger partial charge is 0.497 e. The molecule has 1 aliphatic rings. The van der Waals surface area contributed by atoms with Crippen LogP contribution in [0.4, 0.5) is 11.4 Å². The van der Waals surface area contributed by atoms with Crippen molar-refractivity contribution in [1.29, 1.82) is 0 Å². The number of carbonyl (C=O) groups excluding carboxylic acids is 2. The molecule has 2 aromatic rings. The van der Waals surface area contributed by atoms with E-state index in [2.05, 4.69) is 5.32 Å². The molecule has 0 radical (unpaired) electrons. The third kappa shape index (κ3) is 3.25. The number of hydrogen-bond acceptors (Lipinski definition) is 3. The van der Waals surface area contributed by atoms with E-state index in [1.165, 1.54) is 0 Å². The third-order valence-corrected chi connectivity index (χ3v) is 4.18. The van der Waals surface area contributed by atoms with Crippen molar-refractivity contribution >= 4 is 23.2 Å². The zero-order valence-electron chi connectivity index (χ0n) is 13.8. The maximum absolute atomic E-state index is 12.4. The summed E-state index contributed by atoms with van der Waals surface area (Å²) in [5.74, 6) is 0.647. The molecule has 0 aliphatic carbocycles. The summed E-state index contributed by atoms with van der Waals surface area (Å²) in [5, 5.41) is 2.88. The van der Waals surface area contributed by atoms with Gasteiger partial charge in [0.05, 0.1) is 7.11 Å². The maximum Gasteiger partial charge on any atom is 0.255 e. The number of nitrogens with one attached hydrogen (secondary N) is 1. The number of anilines is 2. The normalized spacial score (nSPS) is 13.9. The number of carbonyl (C=O) groups is 2. The summed E-state index contributed by atoms with van der Waals surface area (Å²) in [6, 6.07) is 12.6. The second-order valence-electron chi connectivity index (χ2n) is 5.83. The van der Waals surface area contributed by atoms with E-state index in [1.54, 1.807) is 36.3 Å². The number of nitrogens with zero attached hydrogens (tertiary/aromatic N) is 1. The van der Waals surface area contributed by atoms with Gasteiger partial charge in [0.25, 0.3) is 5.91 Å². The molecule has 24 heavy (non-hydrogen) atoms. The Morgan fingerprint density at radius 2 is 1.92 bits per heavy atom. The second-order valence-corrected chi connectivity index (χ2v) is 5.83. The second kappa shape index (κ2) is 6.74. The highest BCUT2D eigenvalue weighted by Crippen LogP contribution is 2.28. The molecule has 1 saturated heterocycles. The minimum Gasteiger partial charge on any atom is -0.497 e. The lowest BCUT2D eigenvalue weighted by Gasteiger charge is -2.19. The van der Waals surface area contributed by atoms with Crippen LogP contribution in [-0.4, -0.2) is 25.5 Å². The van der Waals surface area contributed by atoms with Crippen molar-refractivity contribution in [2.75, 3.05) is 23.9 Å². The number of hydrogen-bond donors (Lipinski definition) is 1. The summed E-state index contributed by atoms with van der Waals surface area (Å²) in [6.07, 6.45) is 1.46. The predicted octanol–water partition coefficient (Wildman–Crippen LogP) is 3.38. The average Bonchev–Trinajstić information content (AvgIpc) is 3.02. The van der Waals surface area contributed by atoms with E-state index in [4.69, 9.17) is 4.74 Å². The summed E-state index contributed by atoms with van der Waals surface area (Å²) < 4.78 is 5.09. The third-order valence-electron chi connectivity index (χ3n) is 4.18. The van der Waals surface area contributed by atoms with Crippen molar-refractivity contribution in [1.82, 2.24) is 0 Å². The number of ether oxygens (including phenoxy) is 1. The lowest BCUT2D eigenvalue weighted by atomic mass is 10.1. The maximum atomic E-state index is 12.4. The molecule has 1 fully saturated rings. The molecule has 2 amide bonds.